The van der Waals surface area contributed by atoms with E-state index in [0.29, 0.717) is 12.1 Å². The molecular weight excluding hydrogens is 459 g/mol. The fourth-order valence-corrected chi connectivity index (χ4v) is 4.52. The molecule has 2 saturated heterocycles. The van der Waals surface area contributed by atoms with E-state index in [4.69, 9.17) is 4.74 Å². The molecule has 1 aromatic rings. The third-order valence-electron chi connectivity index (χ3n) is 5.34. The number of piperidine rings is 1. The molecule has 26 heavy (non-hydrogen) atoms. The lowest BCUT2D eigenvalue weighted by Gasteiger charge is -2.36. The molecule has 3 rings (SSSR count). The van der Waals surface area contributed by atoms with Crippen molar-refractivity contribution in [2.75, 3.05) is 39.8 Å². The summed E-state index contributed by atoms with van der Waals surface area (Å²) in [4.78, 5) is 8.46. The van der Waals surface area contributed by atoms with Gasteiger partial charge < -0.3 is 15.4 Å². The molecule has 3 heterocycles. The van der Waals surface area contributed by atoms with Crippen molar-refractivity contribution >= 4 is 41.3 Å². The van der Waals surface area contributed by atoms with Crippen LogP contribution in [0.4, 0.5) is 0 Å². The van der Waals surface area contributed by atoms with Crippen molar-refractivity contribution in [2.45, 2.75) is 44.8 Å². The molecule has 0 aromatic carbocycles. The molecule has 2 N–H and O–H groups in total. The van der Waals surface area contributed by atoms with E-state index in [0.717, 1.165) is 38.0 Å². The summed E-state index contributed by atoms with van der Waals surface area (Å²) in [5, 5.41) is 9.14. The largest absolute Gasteiger partial charge is 0.376 e. The van der Waals surface area contributed by atoms with E-state index in [9.17, 15) is 0 Å². The lowest BCUT2D eigenvalue weighted by atomic mass is 9.97. The number of hydrogen-bond donors (Lipinski definition) is 2. The summed E-state index contributed by atoms with van der Waals surface area (Å²) in [6.07, 6.45) is 5.25. The summed E-state index contributed by atoms with van der Waals surface area (Å²) < 4.78 is 5.69. The number of aliphatic imine (C=N–C) groups is 1. The summed E-state index contributed by atoms with van der Waals surface area (Å²) in [6.45, 7) is 7.37. The monoisotopic (exact) mass is 492 g/mol. The second-order valence-corrected chi connectivity index (χ2v) is 8.20. The van der Waals surface area contributed by atoms with Gasteiger partial charge in [0.25, 0.3) is 0 Å². The Labute approximate surface area is 179 Å². The van der Waals surface area contributed by atoms with Crippen LogP contribution in [0.15, 0.2) is 22.5 Å². The Morgan fingerprint density at radius 3 is 2.77 bits per heavy atom. The number of nitrogens with one attached hydrogen (secondary N) is 2. The Morgan fingerprint density at radius 2 is 2.15 bits per heavy atom. The van der Waals surface area contributed by atoms with Gasteiger partial charge in [-0.3, -0.25) is 9.89 Å². The second kappa shape index (κ2) is 11.5. The Balaban J connectivity index is 0.00000243. The molecule has 0 bridgehead atoms. The summed E-state index contributed by atoms with van der Waals surface area (Å²) in [6, 6.07) is 4.84. The first-order chi connectivity index (χ1) is 12.3. The van der Waals surface area contributed by atoms with Gasteiger partial charge in [-0.2, -0.15) is 0 Å². The lowest BCUT2D eigenvalue weighted by molar-refractivity contribution is 0.113. The van der Waals surface area contributed by atoms with Crippen LogP contribution < -0.4 is 10.6 Å². The Morgan fingerprint density at radius 1 is 1.35 bits per heavy atom. The van der Waals surface area contributed by atoms with Gasteiger partial charge in [0.1, 0.15) is 0 Å². The van der Waals surface area contributed by atoms with Crippen LogP contribution in [0.3, 0.4) is 0 Å². The highest BCUT2D eigenvalue weighted by Crippen LogP contribution is 2.29. The maximum atomic E-state index is 5.69. The highest BCUT2D eigenvalue weighted by atomic mass is 127. The van der Waals surface area contributed by atoms with Gasteiger partial charge in [-0.15, -0.1) is 35.3 Å². The van der Waals surface area contributed by atoms with Gasteiger partial charge in [0.15, 0.2) is 5.96 Å². The summed E-state index contributed by atoms with van der Waals surface area (Å²) in [5.41, 5.74) is 0. The molecule has 0 amide bonds. The molecular formula is C19H33IN4OS. The molecule has 2 fully saturated rings. The summed E-state index contributed by atoms with van der Waals surface area (Å²) in [7, 11) is 1.84. The van der Waals surface area contributed by atoms with E-state index in [1.807, 2.05) is 18.4 Å². The molecule has 2 aliphatic rings. The van der Waals surface area contributed by atoms with Crippen molar-refractivity contribution in [1.82, 2.24) is 15.5 Å². The van der Waals surface area contributed by atoms with Crippen molar-refractivity contribution in [2.24, 2.45) is 10.9 Å². The molecule has 0 aliphatic carbocycles. The fraction of sp³-hybridized carbons (Fsp3) is 0.737. The zero-order chi connectivity index (χ0) is 17.5. The number of thiophene rings is 1. The van der Waals surface area contributed by atoms with Gasteiger partial charge in [0.2, 0.25) is 0 Å². The topological polar surface area (TPSA) is 48.9 Å². The first-order valence-corrected chi connectivity index (χ1v) is 10.5. The average molecular weight is 492 g/mol. The number of nitrogens with zero attached hydrogens (tertiary/aromatic N) is 2. The maximum absolute atomic E-state index is 5.69. The van der Waals surface area contributed by atoms with E-state index < -0.39 is 0 Å². The van der Waals surface area contributed by atoms with Crippen LogP contribution in [0.25, 0.3) is 0 Å². The van der Waals surface area contributed by atoms with Crippen molar-refractivity contribution in [3.63, 3.8) is 0 Å². The zero-order valence-electron chi connectivity index (χ0n) is 15.9. The minimum absolute atomic E-state index is 0. The molecule has 5 nitrogen and oxygen atoms in total. The quantitative estimate of drug-likeness (QED) is 0.363. The molecule has 2 aliphatic heterocycles. The van der Waals surface area contributed by atoms with Crippen LogP contribution in [0.5, 0.6) is 0 Å². The van der Waals surface area contributed by atoms with Crippen LogP contribution in [0.1, 0.15) is 43.5 Å². The minimum Gasteiger partial charge on any atom is -0.376 e. The molecule has 0 saturated carbocycles. The van der Waals surface area contributed by atoms with Crippen LogP contribution >= 0.6 is 35.3 Å². The molecule has 7 heteroatoms. The Hall–Kier alpha value is -0.380. The zero-order valence-corrected chi connectivity index (χ0v) is 19.1. The number of hydrogen-bond acceptors (Lipinski definition) is 4. The highest BCUT2D eigenvalue weighted by molar-refractivity contribution is 14.0. The van der Waals surface area contributed by atoms with Gasteiger partial charge in [-0.05, 0) is 56.1 Å². The lowest BCUT2D eigenvalue weighted by Crippen LogP contribution is -2.46. The molecule has 0 spiro atoms. The fourth-order valence-electron chi connectivity index (χ4n) is 3.66. The number of rotatable bonds is 6. The predicted octanol–water partition coefficient (Wildman–Crippen LogP) is 3.48. The smallest absolute Gasteiger partial charge is 0.191 e. The standard InChI is InChI=1S/C19H32N4OS.HI/c1-15-7-9-23(10-8-15)17(18-6-4-12-25-18)14-22-19(20-2)21-13-16-5-3-11-24-16;/h4,6,12,15-17H,3,5,7-11,13-14H2,1-2H3,(H2,20,21,22);1H. The van der Waals surface area contributed by atoms with E-state index in [-0.39, 0.29) is 24.0 Å². The van der Waals surface area contributed by atoms with E-state index in [1.165, 1.54) is 37.2 Å². The van der Waals surface area contributed by atoms with Crippen molar-refractivity contribution in [1.29, 1.82) is 0 Å². The molecule has 1 aromatic heterocycles. The first-order valence-electron chi connectivity index (χ1n) is 9.60. The molecule has 0 radical (unpaired) electrons. The van der Waals surface area contributed by atoms with Crippen molar-refractivity contribution < 1.29 is 4.74 Å². The molecule has 148 valence electrons. The second-order valence-electron chi connectivity index (χ2n) is 7.22. The highest BCUT2D eigenvalue weighted by Gasteiger charge is 2.25. The predicted molar refractivity (Wildman–Crippen MR) is 121 cm³/mol. The molecule has 2 unspecified atom stereocenters. The van der Waals surface area contributed by atoms with Crippen molar-refractivity contribution in [3.8, 4) is 0 Å². The minimum atomic E-state index is 0. The third-order valence-corrected chi connectivity index (χ3v) is 6.31. The maximum Gasteiger partial charge on any atom is 0.191 e. The molecule has 2 atom stereocenters. The van der Waals surface area contributed by atoms with Gasteiger partial charge in [-0.1, -0.05) is 13.0 Å². The Bertz CT molecular complexity index is 526. The summed E-state index contributed by atoms with van der Waals surface area (Å²) in [5.74, 6) is 1.73. The summed E-state index contributed by atoms with van der Waals surface area (Å²) >= 11 is 1.86. The Kier molecular flexibility index (Phi) is 9.66. The van der Waals surface area contributed by atoms with Crippen LogP contribution in [0.2, 0.25) is 0 Å². The number of halogens is 1. The van der Waals surface area contributed by atoms with Crippen LogP contribution in [-0.4, -0.2) is 56.8 Å². The number of likely N-dealkylation sites (tertiary alicyclic amines) is 1. The van der Waals surface area contributed by atoms with E-state index in [2.05, 4.69) is 45.0 Å². The van der Waals surface area contributed by atoms with Crippen LogP contribution in [-0.2, 0) is 4.74 Å². The van der Waals surface area contributed by atoms with Crippen molar-refractivity contribution in [3.05, 3.63) is 22.4 Å². The SMILES string of the molecule is CN=C(NCC1CCCO1)NCC(c1cccs1)N1CCC(C)CC1.I. The number of guanidine groups is 1. The van der Waals surface area contributed by atoms with E-state index in [1.54, 1.807) is 0 Å². The normalized spacial score (nSPS) is 23.5. The first kappa shape index (κ1) is 21.9. The van der Waals surface area contributed by atoms with Crippen LogP contribution in [0, 0.1) is 5.92 Å². The number of ether oxygens (including phenoxy) is 1. The van der Waals surface area contributed by atoms with Gasteiger partial charge >= 0.3 is 0 Å². The van der Waals surface area contributed by atoms with Gasteiger partial charge in [0, 0.05) is 31.6 Å². The average Bonchev–Trinajstić information content (AvgIpc) is 3.33. The van der Waals surface area contributed by atoms with E-state index >= 15 is 0 Å². The third kappa shape index (κ3) is 6.35. The van der Waals surface area contributed by atoms with Gasteiger partial charge in [-0.25, -0.2) is 0 Å². The van der Waals surface area contributed by atoms with Gasteiger partial charge in [0.05, 0.1) is 12.1 Å².